The molecule has 2 atom stereocenters. The SMILES string of the molecule is CC(C)/C=C/CC1CCCCC1C(C)C. The number of hydrogen-bond donors (Lipinski definition) is 0. The van der Waals surface area contributed by atoms with Crippen LogP contribution in [0.15, 0.2) is 12.2 Å². The van der Waals surface area contributed by atoms with E-state index in [1.165, 1.54) is 32.1 Å². The Kier molecular flexibility index (Phi) is 5.42. The van der Waals surface area contributed by atoms with Crippen LogP contribution < -0.4 is 0 Å². The van der Waals surface area contributed by atoms with Gasteiger partial charge in [0.1, 0.15) is 0 Å². The molecule has 0 heteroatoms. The molecule has 0 aromatic rings. The molecule has 0 saturated heterocycles. The lowest BCUT2D eigenvalue weighted by Crippen LogP contribution is -2.23. The zero-order valence-corrected chi connectivity index (χ0v) is 11.0. The number of allylic oxidation sites excluding steroid dienone is 2. The predicted octanol–water partition coefficient (Wildman–Crippen LogP) is 5.05. The average molecular weight is 208 g/mol. The van der Waals surface area contributed by atoms with Crippen LogP contribution in [0.2, 0.25) is 0 Å². The van der Waals surface area contributed by atoms with Crippen LogP contribution in [-0.4, -0.2) is 0 Å². The molecule has 0 spiro atoms. The highest BCUT2D eigenvalue weighted by molar-refractivity contribution is 4.89. The minimum Gasteiger partial charge on any atom is -0.0880 e. The molecule has 0 bridgehead atoms. The summed E-state index contributed by atoms with van der Waals surface area (Å²) >= 11 is 0. The lowest BCUT2D eigenvalue weighted by atomic mass is 9.72. The first-order valence-corrected chi connectivity index (χ1v) is 6.78. The van der Waals surface area contributed by atoms with Gasteiger partial charge in [0.2, 0.25) is 0 Å². The van der Waals surface area contributed by atoms with Gasteiger partial charge in [-0.1, -0.05) is 52.7 Å². The van der Waals surface area contributed by atoms with E-state index in [0.29, 0.717) is 5.92 Å². The fourth-order valence-corrected chi connectivity index (χ4v) is 2.93. The van der Waals surface area contributed by atoms with Crippen LogP contribution >= 0.6 is 0 Å². The summed E-state index contributed by atoms with van der Waals surface area (Å²) in [5.41, 5.74) is 0. The van der Waals surface area contributed by atoms with E-state index in [0.717, 1.165) is 17.8 Å². The van der Waals surface area contributed by atoms with Gasteiger partial charge in [0.15, 0.2) is 0 Å². The molecule has 0 radical (unpaired) electrons. The van der Waals surface area contributed by atoms with Crippen LogP contribution in [-0.2, 0) is 0 Å². The first-order chi connectivity index (χ1) is 7.11. The molecule has 1 rings (SSSR count). The van der Waals surface area contributed by atoms with Crippen LogP contribution in [0, 0.1) is 23.7 Å². The third kappa shape index (κ3) is 4.40. The van der Waals surface area contributed by atoms with E-state index in [4.69, 9.17) is 0 Å². The summed E-state index contributed by atoms with van der Waals surface area (Å²) in [5, 5.41) is 0. The average Bonchev–Trinajstić information content (AvgIpc) is 2.17. The van der Waals surface area contributed by atoms with E-state index in [2.05, 4.69) is 39.8 Å². The molecule has 0 aliphatic heterocycles. The molecule has 15 heavy (non-hydrogen) atoms. The highest BCUT2D eigenvalue weighted by Crippen LogP contribution is 2.37. The second-order valence-corrected chi connectivity index (χ2v) is 5.86. The largest absolute Gasteiger partial charge is 0.0880 e. The molecule has 1 fully saturated rings. The van der Waals surface area contributed by atoms with Gasteiger partial charge in [0.05, 0.1) is 0 Å². The van der Waals surface area contributed by atoms with E-state index in [9.17, 15) is 0 Å². The van der Waals surface area contributed by atoms with E-state index in [-0.39, 0.29) is 0 Å². The molecule has 0 N–H and O–H groups in total. The lowest BCUT2D eigenvalue weighted by molar-refractivity contribution is 0.182. The van der Waals surface area contributed by atoms with Gasteiger partial charge in [-0.25, -0.2) is 0 Å². The van der Waals surface area contributed by atoms with Crippen LogP contribution in [0.4, 0.5) is 0 Å². The van der Waals surface area contributed by atoms with Gasteiger partial charge in [-0.15, -0.1) is 0 Å². The van der Waals surface area contributed by atoms with Gasteiger partial charge in [-0.2, -0.15) is 0 Å². The van der Waals surface area contributed by atoms with E-state index in [1.807, 2.05) is 0 Å². The minimum absolute atomic E-state index is 0.714. The molecule has 1 aliphatic carbocycles. The normalized spacial score (nSPS) is 28.1. The summed E-state index contributed by atoms with van der Waals surface area (Å²) in [6.07, 6.45) is 12.0. The molecular weight excluding hydrogens is 180 g/mol. The molecule has 2 unspecified atom stereocenters. The van der Waals surface area contributed by atoms with E-state index in [1.54, 1.807) is 0 Å². The van der Waals surface area contributed by atoms with Crippen molar-refractivity contribution >= 4 is 0 Å². The molecule has 0 aromatic carbocycles. The van der Waals surface area contributed by atoms with E-state index >= 15 is 0 Å². The summed E-state index contributed by atoms with van der Waals surface area (Å²) in [5.74, 6) is 3.54. The van der Waals surface area contributed by atoms with Crippen LogP contribution in [0.1, 0.15) is 59.8 Å². The van der Waals surface area contributed by atoms with Crippen molar-refractivity contribution in [3.05, 3.63) is 12.2 Å². The van der Waals surface area contributed by atoms with Crippen LogP contribution in [0.5, 0.6) is 0 Å². The Morgan fingerprint density at radius 3 is 2.33 bits per heavy atom. The Hall–Kier alpha value is -0.260. The predicted molar refractivity (Wildman–Crippen MR) is 68.9 cm³/mol. The second-order valence-electron chi connectivity index (χ2n) is 5.86. The molecule has 0 amide bonds. The summed E-state index contributed by atoms with van der Waals surface area (Å²) in [6, 6.07) is 0. The van der Waals surface area contributed by atoms with Crippen molar-refractivity contribution in [3.8, 4) is 0 Å². The summed E-state index contributed by atoms with van der Waals surface area (Å²) in [4.78, 5) is 0. The summed E-state index contributed by atoms with van der Waals surface area (Å²) < 4.78 is 0. The quantitative estimate of drug-likeness (QED) is 0.567. The highest BCUT2D eigenvalue weighted by atomic mass is 14.3. The highest BCUT2D eigenvalue weighted by Gasteiger charge is 2.26. The van der Waals surface area contributed by atoms with Crippen LogP contribution in [0.3, 0.4) is 0 Å². The van der Waals surface area contributed by atoms with E-state index < -0.39 is 0 Å². The Morgan fingerprint density at radius 2 is 1.73 bits per heavy atom. The van der Waals surface area contributed by atoms with Gasteiger partial charge in [-0.05, 0) is 42.9 Å². The van der Waals surface area contributed by atoms with Gasteiger partial charge in [0, 0.05) is 0 Å². The van der Waals surface area contributed by atoms with Crippen LogP contribution in [0.25, 0.3) is 0 Å². The first kappa shape index (κ1) is 12.8. The van der Waals surface area contributed by atoms with Crippen molar-refractivity contribution < 1.29 is 0 Å². The lowest BCUT2D eigenvalue weighted by Gasteiger charge is -2.33. The fourth-order valence-electron chi connectivity index (χ4n) is 2.93. The minimum atomic E-state index is 0.714. The third-order valence-corrected chi connectivity index (χ3v) is 3.78. The maximum Gasteiger partial charge on any atom is -0.0290 e. The van der Waals surface area contributed by atoms with Crippen molar-refractivity contribution in [2.24, 2.45) is 23.7 Å². The maximum atomic E-state index is 2.43. The van der Waals surface area contributed by atoms with Crippen molar-refractivity contribution in [2.75, 3.05) is 0 Å². The van der Waals surface area contributed by atoms with Gasteiger partial charge >= 0.3 is 0 Å². The Balaban J connectivity index is 2.42. The molecule has 1 aliphatic rings. The molecule has 0 aromatic heterocycles. The first-order valence-electron chi connectivity index (χ1n) is 6.78. The third-order valence-electron chi connectivity index (χ3n) is 3.78. The Bertz CT molecular complexity index is 188. The molecule has 0 nitrogen and oxygen atoms in total. The smallest absolute Gasteiger partial charge is 0.0290 e. The standard InChI is InChI=1S/C15H28/c1-12(2)8-7-10-14-9-5-6-11-15(14)13(3)4/h7-8,12-15H,5-6,9-11H2,1-4H3/b8-7+. The molecule has 1 saturated carbocycles. The number of rotatable bonds is 4. The van der Waals surface area contributed by atoms with Crippen molar-refractivity contribution in [1.29, 1.82) is 0 Å². The Morgan fingerprint density at radius 1 is 1.07 bits per heavy atom. The van der Waals surface area contributed by atoms with Gasteiger partial charge < -0.3 is 0 Å². The van der Waals surface area contributed by atoms with Gasteiger partial charge in [0.25, 0.3) is 0 Å². The van der Waals surface area contributed by atoms with Gasteiger partial charge in [-0.3, -0.25) is 0 Å². The monoisotopic (exact) mass is 208 g/mol. The van der Waals surface area contributed by atoms with Crippen molar-refractivity contribution in [1.82, 2.24) is 0 Å². The maximum absolute atomic E-state index is 2.43. The molecular formula is C15H28. The van der Waals surface area contributed by atoms with Crippen molar-refractivity contribution in [2.45, 2.75) is 59.8 Å². The molecule has 0 heterocycles. The second kappa shape index (κ2) is 6.35. The van der Waals surface area contributed by atoms with Crippen molar-refractivity contribution in [3.63, 3.8) is 0 Å². The molecule has 88 valence electrons. The zero-order valence-electron chi connectivity index (χ0n) is 11.0. The number of hydrogen-bond acceptors (Lipinski definition) is 0. The Labute approximate surface area is 96.2 Å². The zero-order chi connectivity index (χ0) is 11.3. The topological polar surface area (TPSA) is 0 Å². The summed E-state index contributed by atoms with van der Waals surface area (Å²) in [6.45, 7) is 9.32. The summed E-state index contributed by atoms with van der Waals surface area (Å²) in [7, 11) is 0. The fraction of sp³-hybridized carbons (Fsp3) is 0.867.